The average Bonchev–Trinajstić information content (AvgIpc) is 2.34. The number of nitrogens with one attached hydrogen (secondary N) is 1. The highest BCUT2D eigenvalue weighted by Crippen LogP contribution is 2.23. The number of hydrogen-bond donors (Lipinski definition) is 2. The van der Waals surface area contributed by atoms with Crippen LogP contribution in [0.3, 0.4) is 0 Å². The number of aliphatic hydroxyl groups excluding tert-OH is 1. The zero-order valence-electron chi connectivity index (χ0n) is 12.2. The Morgan fingerprint density at radius 2 is 1.71 bits per heavy atom. The molecule has 0 aromatic rings. The molecule has 17 heavy (non-hydrogen) atoms. The fraction of sp³-hybridized carbons (Fsp3) is 1.00. The molecule has 2 atom stereocenters. The van der Waals surface area contributed by atoms with E-state index in [2.05, 4.69) is 26.1 Å². The maximum absolute atomic E-state index is 8.07. The van der Waals surface area contributed by atoms with Crippen LogP contribution in [0.1, 0.15) is 72.1 Å². The van der Waals surface area contributed by atoms with Crippen LogP contribution in [0.25, 0.3) is 0 Å². The number of hydrogen-bond acceptors (Lipinski definition) is 2. The highest BCUT2D eigenvalue weighted by Gasteiger charge is 2.19. The normalized spacial score (nSPS) is 24.0. The molecule has 104 valence electrons. The van der Waals surface area contributed by atoms with Crippen molar-refractivity contribution in [1.82, 2.24) is 5.32 Å². The number of rotatable bonds is 6. The molecule has 0 bridgehead atoms. The summed E-state index contributed by atoms with van der Waals surface area (Å²) in [4.78, 5) is 0. The highest BCUT2D eigenvalue weighted by molar-refractivity contribution is 4.77. The standard InChI is InChI=1S/C11H23N.C4H10O/c1-3-4-9-12-11-8-6-5-7-10(11)2;1-2-3-4-5/h10-12H,3-9H2,1-2H3;5H,2-4H2,1H3. The van der Waals surface area contributed by atoms with Crippen molar-refractivity contribution in [3.05, 3.63) is 0 Å². The van der Waals surface area contributed by atoms with Gasteiger partial charge in [0.1, 0.15) is 0 Å². The third kappa shape index (κ3) is 9.61. The Balaban J connectivity index is 0.000000437. The van der Waals surface area contributed by atoms with E-state index in [1.54, 1.807) is 0 Å². The molecule has 2 heteroatoms. The first kappa shape index (κ1) is 16.9. The van der Waals surface area contributed by atoms with Crippen molar-refractivity contribution in [2.24, 2.45) is 5.92 Å². The molecule has 1 aliphatic rings. The second-order valence-corrected chi connectivity index (χ2v) is 5.25. The molecule has 0 heterocycles. The minimum absolute atomic E-state index is 0.344. The van der Waals surface area contributed by atoms with Gasteiger partial charge in [-0.25, -0.2) is 0 Å². The van der Waals surface area contributed by atoms with Crippen LogP contribution < -0.4 is 5.32 Å². The van der Waals surface area contributed by atoms with E-state index < -0.39 is 0 Å². The van der Waals surface area contributed by atoms with Gasteiger partial charge in [0, 0.05) is 12.6 Å². The van der Waals surface area contributed by atoms with Crippen LogP contribution in [-0.2, 0) is 0 Å². The van der Waals surface area contributed by atoms with Crippen molar-refractivity contribution in [2.45, 2.75) is 78.2 Å². The summed E-state index contributed by atoms with van der Waals surface area (Å²) in [6, 6.07) is 0.824. The summed E-state index contributed by atoms with van der Waals surface area (Å²) in [6.07, 6.45) is 10.4. The molecule has 0 aromatic carbocycles. The van der Waals surface area contributed by atoms with Gasteiger partial charge in [-0.2, -0.15) is 0 Å². The molecule has 2 N–H and O–H groups in total. The van der Waals surface area contributed by atoms with Crippen LogP contribution >= 0.6 is 0 Å². The monoisotopic (exact) mass is 243 g/mol. The van der Waals surface area contributed by atoms with Gasteiger partial charge in [-0.15, -0.1) is 0 Å². The van der Waals surface area contributed by atoms with E-state index >= 15 is 0 Å². The van der Waals surface area contributed by atoms with Crippen LogP contribution in [0.15, 0.2) is 0 Å². The molecule has 1 aliphatic carbocycles. The summed E-state index contributed by atoms with van der Waals surface area (Å²) < 4.78 is 0. The Morgan fingerprint density at radius 3 is 2.18 bits per heavy atom. The molecule has 2 nitrogen and oxygen atoms in total. The van der Waals surface area contributed by atoms with Crippen LogP contribution in [0.2, 0.25) is 0 Å². The zero-order valence-corrected chi connectivity index (χ0v) is 12.2. The lowest BCUT2D eigenvalue weighted by molar-refractivity contribution is 0.280. The Labute approximate surface area is 108 Å². The van der Waals surface area contributed by atoms with E-state index in [0.717, 1.165) is 24.8 Å². The van der Waals surface area contributed by atoms with Crippen molar-refractivity contribution in [1.29, 1.82) is 0 Å². The lowest BCUT2D eigenvalue weighted by atomic mass is 9.86. The van der Waals surface area contributed by atoms with Gasteiger partial charge in [-0.05, 0) is 38.1 Å². The summed E-state index contributed by atoms with van der Waals surface area (Å²) in [5.74, 6) is 0.913. The van der Waals surface area contributed by atoms with Gasteiger partial charge >= 0.3 is 0 Å². The minimum atomic E-state index is 0.344. The van der Waals surface area contributed by atoms with Crippen LogP contribution in [-0.4, -0.2) is 24.3 Å². The summed E-state index contributed by atoms with van der Waals surface area (Å²) in [5, 5.41) is 11.7. The minimum Gasteiger partial charge on any atom is -0.396 e. The molecule has 0 spiro atoms. The van der Waals surface area contributed by atoms with Gasteiger partial charge < -0.3 is 10.4 Å². The molecule has 0 aliphatic heterocycles. The molecule has 1 saturated carbocycles. The Bertz CT molecular complexity index is 148. The molecular weight excluding hydrogens is 210 g/mol. The SMILES string of the molecule is CCCCNC1CCCCC1C.CCCCO. The molecule has 2 unspecified atom stereocenters. The predicted octanol–water partition coefficient (Wildman–Crippen LogP) is 3.73. The smallest absolute Gasteiger partial charge is 0.0430 e. The topological polar surface area (TPSA) is 32.3 Å². The lowest BCUT2D eigenvalue weighted by Crippen LogP contribution is -2.37. The van der Waals surface area contributed by atoms with E-state index in [1.165, 1.54) is 45.1 Å². The third-order valence-electron chi connectivity index (χ3n) is 3.56. The summed E-state index contributed by atoms with van der Waals surface area (Å²) in [6.45, 7) is 8.27. The van der Waals surface area contributed by atoms with Crippen molar-refractivity contribution in [3.8, 4) is 0 Å². The van der Waals surface area contributed by atoms with E-state index in [0.29, 0.717) is 6.61 Å². The van der Waals surface area contributed by atoms with Gasteiger partial charge in [-0.3, -0.25) is 0 Å². The largest absolute Gasteiger partial charge is 0.396 e. The number of aliphatic hydroxyl groups is 1. The second kappa shape index (κ2) is 12.4. The maximum Gasteiger partial charge on any atom is 0.0430 e. The van der Waals surface area contributed by atoms with Crippen LogP contribution in [0, 0.1) is 5.92 Å². The maximum atomic E-state index is 8.07. The zero-order chi connectivity index (χ0) is 12.9. The van der Waals surface area contributed by atoms with Crippen molar-refractivity contribution in [2.75, 3.05) is 13.2 Å². The number of unbranched alkanes of at least 4 members (excludes halogenated alkanes) is 2. The van der Waals surface area contributed by atoms with Crippen LogP contribution in [0.4, 0.5) is 0 Å². The fourth-order valence-corrected chi connectivity index (χ4v) is 2.24. The first-order valence-electron chi connectivity index (χ1n) is 7.60. The van der Waals surface area contributed by atoms with Crippen molar-refractivity contribution in [3.63, 3.8) is 0 Å². The molecule has 0 radical (unpaired) electrons. The summed E-state index contributed by atoms with van der Waals surface area (Å²) in [7, 11) is 0. The van der Waals surface area contributed by atoms with Gasteiger partial charge in [0.05, 0.1) is 0 Å². The van der Waals surface area contributed by atoms with Gasteiger partial charge in [-0.1, -0.05) is 46.5 Å². The third-order valence-corrected chi connectivity index (χ3v) is 3.56. The Morgan fingerprint density at radius 1 is 1.06 bits per heavy atom. The molecule has 0 saturated heterocycles. The molecule has 1 rings (SSSR count). The lowest BCUT2D eigenvalue weighted by Gasteiger charge is -2.29. The van der Waals surface area contributed by atoms with Gasteiger partial charge in [0.2, 0.25) is 0 Å². The van der Waals surface area contributed by atoms with E-state index in [1.807, 2.05) is 0 Å². The summed E-state index contributed by atoms with van der Waals surface area (Å²) in [5.41, 5.74) is 0. The first-order chi connectivity index (χ1) is 8.26. The predicted molar refractivity (Wildman–Crippen MR) is 76.3 cm³/mol. The average molecular weight is 243 g/mol. The molecule has 0 aromatic heterocycles. The van der Waals surface area contributed by atoms with E-state index in [9.17, 15) is 0 Å². The van der Waals surface area contributed by atoms with Crippen molar-refractivity contribution < 1.29 is 5.11 Å². The quantitative estimate of drug-likeness (QED) is 0.697. The summed E-state index contributed by atoms with van der Waals surface area (Å²) >= 11 is 0. The molecule has 0 amide bonds. The van der Waals surface area contributed by atoms with Crippen molar-refractivity contribution >= 4 is 0 Å². The molecular formula is C15H33NO. The Kier molecular flexibility index (Phi) is 12.3. The van der Waals surface area contributed by atoms with E-state index in [-0.39, 0.29) is 0 Å². The van der Waals surface area contributed by atoms with Gasteiger partial charge in [0.15, 0.2) is 0 Å². The Hall–Kier alpha value is -0.0800. The fourth-order valence-electron chi connectivity index (χ4n) is 2.24. The second-order valence-electron chi connectivity index (χ2n) is 5.25. The van der Waals surface area contributed by atoms with E-state index in [4.69, 9.17) is 5.11 Å². The van der Waals surface area contributed by atoms with Gasteiger partial charge in [0.25, 0.3) is 0 Å². The van der Waals surface area contributed by atoms with Crippen LogP contribution in [0.5, 0.6) is 0 Å². The first-order valence-corrected chi connectivity index (χ1v) is 7.60. The molecule has 1 fully saturated rings. The highest BCUT2D eigenvalue weighted by atomic mass is 16.2.